The van der Waals surface area contributed by atoms with Crippen molar-refractivity contribution in [1.29, 1.82) is 0 Å². The van der Waals surface area contributed by atoms with Crippen LogP contribution in [0.5, 0.6) is 0 Å². The van der Waals surface area contributed by atoms with E-state index < -0.39 is 6.72 Å². The van der Waals surface area contributed by atoms with Crippen molar-refractivity contribution in [2.45, 2.75) is 0 Å². The van der Waals surface area contributed by atoms with Crippen LogP contribution < -0.4 is 14.7 Å². The number of hydrogen-bond acceptors (Lipinski definition) is 4. The van der Waals surface area contributed by atoms with E-state index in [1.807, 2.05) is 0 Å². The summed E-state index contributed by atoms with van der Waals surface area (Å²) in [4.78, 5) is 26.8. The molecule has 0 bridgehead atoms. The maximum atomic E-state index is 8.92. The van der Waals surface area contributed by atoms with Crippen molar-refractivity contribution < 1.29 is 31.2 Å². The standard InChI is InChI=1S/Ni.H3O3PS/c;1-4(2,3)5/h;(H3,1,2,3,5)/q+3;/p-3. The molecule has 39 valence electrons. The Hall–Kier alpha value is 1.02. The second-order valence-corrected chi connectivity index (χ2v) is 2.68. The molecule has 0 saturated carbocycles. The Kier molecular flexibility index (Phi) is 5.19. The third-order valence-corrected chi connectivity index (χ3v) is 0. The summed E-state index contributed by atoms with van der Waals surface area (Å²) in [5.74, 6) is 0. The largest absolute Gasteiger partial charge is 3.00 e. The van der Waals surface area contributed by atoms with E-state index >= 15 is 0 Å². The molecule has 6 heavy (non-hydrogen) atoms. The molecule has 0 unspecified atom stereocenters. The van der Waals surface area contributed by atoms with Gasteiger partial charge < -0.3 is 21.4 Å². The molecule has 6 heteroatoms. The van der Waals surface area contributed by atoms with Gasteiger partial charge in [0, 0.05) is 0 Å². The van der Waals surface area contributed by atoms with Gasteiger partial charge >= 0.3 is 16.5 Å². The molecule has 0 fully saturated rings. The zero-order chi connectivity index (χ0) is 4.50. The number of hydrogen-bond donors (Lipinski definition) is 0. The van der Waals surface area contributed by atoms with Crippen molar-refractivity contribution in [3.8, 4) is 0 Å². The molecular weight excluding hydrogens is 170 g/mol. The smallest absolute Gasteiger partial charge is 0.844 e. The molecule has 3 nitrogen and oxygen atoms in total. The molecule has 0 aromatic carbocycles. The van der Waals surface area contributed by atoms with Crippen molar-refractivity contribution in [2.24, 2.45) is 0 Å². The fourth-order valence-corrected chi connectivity index (χ4v) is 0. The van der Waals surface area contributed by atoms with Gasteiger partial charge in [0.05, 0.1) is 0 Å². The molecule has 0 spiro atoms. The predicted octanol–water partition coefficient (Wildman–Crippen LogP) is -2.71. The molecule has 0 aliphatic rings. The van der Waals surface area contributed by atoms with Crippen LogP contribution in [0.3, 0.4) is 0 Å². The fourth-order valence-electron chi connectivity index (χ4n) is 0. The first kappa shape index (κ1) is 10.1. The Bertz CT molecular complexity index is 56.9. The van der Waals surface area contributed by atoms with Gasteiger partial charge in [-0.1, -0.05) is 0 Å². The monoisotopic (exact) mass is 169 g/mol. The van der Waals surface area contributed by atoms with Crippen molar-refractivity contribution >= 4 is 18.5 Å². The van der Waals surface area contributed by atoms with Crippen molar-refractivity contribution in [3.05, 3.63) is 0 Å². The molecule has 0 aliphatic carbocycles. The van der Waals surface area contributed by atoms with Crippen LogP contribution in [0.25, 0.3) is 0 Å². The normalized spacial score (nSPS) is 9.83. The van der Waals surface area contributed by atoms with Gasteiger partial charge in [-0.25, -0.2) is 0 Å². The van der Waals surface area contributed by atoms with Crippen LogP contribution in [0, 0.1) is 0 Å². The third kappa shape index (κ3) is 77.6. The molecule has 0 heterocycles. The van der Waals surface area contributed by atoms with Crippen LogP contribution in [-0.4, -0.2) is 0 Å². The molecule has 0 rings (SSSR count). The van der Waals surface area contributed by atoms with E-state index in [4.69, 9.17) is 14.7 Å². The summed E-state index contributed by atoms with van der Waals surface area (Å²) in [6.45, 7) is -4.56. The first-order valence-corrected chi connectivity index (χ1v) is 3.29. The van der Waals surface area contributed by atoms with E-state index in [1.165, 1.54) is 0 Å². The first-order chi connectivity index (χ1) is 2.00. The van der Waals surface area contributed by atoms with E-state index in [-0.39, 0.29) is 16.5 Å². The van der Waals surface area contributed by atoms with Crippen LogP contribution in [-0.2, 0) is 28.3 Å². The fraction of sp³-hybridized carbons (Fsp3) is 0. The maximum Gasteiger partial charge on any atom is 3.00 e. The summed E-state index contributed by atoms with van der Waals surface area (Å²) in [6.07, 6.45) is 0. The summed E-state index contributed by atoms with van der Waals surface area (Å²) < 4.78 is 0. The summed E-state index contributed by atoms with van der Waals surface area (Å²) in [7, 11) is 0. The zero-order valence-electron chi connectivity index (χ0n) is 2.40. The van der Waals surface area contributed by atoms with E-state index in [0.717, 1.165) is 0 Å². The third-order valence-electron chi connectivity index (χ3n) is 0. The minimum absolute atomic E-state index is 0. The molecule has 0 atom stereocenters. The molecule has 0 N–H and O–H groups in total. The second kappa shape index (κ2) is 3.08. The first-order valence-electron chi connectivity index (χ1n) is 0.730. The van der Waals surface area contributed by atoms with Crippen LogP contribution in [0.15, 0.2) is 0 Å². The van der Waals surface area contributed by atoms with Crippen molar-refractivity contribution in [1.82, 2.24) is 0 Å². The summed E-state index contributed by atoms with van der Waals surface area (Å²) >= 11 is 3.27. The van der Waals surface area contributed by atoms with Gasteiger partial charge in [0.1, 0.15) is 0 Å². The molecule has 0 aliphatic heterocycles. The van der Waals surface area contributed by atoms with Gasteiger partial charge in [0.15, 0.2) is 0 Å². The number of rotatable bonds is 0. The molecule has 0 saturated heterocycles. The molecular formula is NiO3PS. The van der Waals surface area contributed by atoms with Gasteiger partial charge in [0.25, 0.3) is 0 Å². The maximum absolute atomic E-state index is 8.92. The molecule has 0 amide bonds. The Morgan fingerprint density at radius 1 is 1.17 bits per heavy atom. The topological polar surface area (TPSA) is 69.2 Å². The van der Waals surface area contributed by atoms with E-state index in [0.29, 0.717) is 0 Å². The predicted molar refractivity (Wildman–Crippen MR) is 14.3 cm³/mol. The van der Waals surface area contributed by atoms with Crippen LogP contribution in [0.2, 0.25) is 0 Å². The SMILES string of the molecule is [Ni+3].[O-]P([O-])([O-])=S. The molecule has 0 aromatic heterocycles. The minimum atomic E-state index is -4.56. The molecule has 0 aromatic rings. The van der Waals surface area contributed by atoms with Crippen LogP contribution >= 0.6 is 6.72 Å². The Balaban J connectivity index is 0. The van der Waals surface area contributed by atoms with Crippen LogP contribution in [0.4, 0.5) is 0 Å². The van der Waals surface area contributed by atoms with Gasteiger partial charge in [-0.3, -0.25) is 0 Å². The second-order valence-electron chi connectivity index (χ2n) is 0.447. The summed E-state index contributed by atoms with van der Waals surface area (Å²) in [6, 6.07) is 0. The Morgan fingerprint density at radius 3 is 1.17 bits per heavy atom. The quantitative estimate of drug-likeness (QED) is 0.292. The summed E-state index contributed by atoms with van der Waals surface area (Å²) in [5.41, 5.74) is 0. The van der Waals surface area contributed by atoms with Gasteiger partial charge in [-0.05, 0) is 0 Å². The minimum Gasteiger partial charge on any atom is -0.844 e. The van der Waals surface area contributed by atoms with E-state index in [2.05, 4.69) is 11.8 Å². The zero-order valence-corrected chi connectivity index (χ0v) is 5.09. The van der Waals surface area contributed by atoms with Crippen molar-refractivity contribution in [2.75, 3.05) is 0 Å². The van der Waals surface area contributed by atoms with E-state index in [9.17, 15) is 0 Å². The Morgan fingerprint density at radius 2 is 1.17 bits per heavy atom. The average Bonchev–Trinajstić information content (AvgIpc) is 0.722. The van der Waals surface area contributed by atoms with Gasteiger partial charge in [-0.15, -0.1) is 0 Å². The summed E-state index contributed by atoms with van der Waals surface area (Å²) in [5, 5.41) is 0. The molecule has 1 radical (unpaired) electrons. The Labute approximate surface area is 50.2 Å². The van der Waals surface area contributed by atoms with Gasteiger partial charge in [-0.2, -0.15) is 11.8 Å². The van der Waals surface area contributed by atoms with Crippen LogP contribution in [0.1, 0.15) is 0 Å². The van der Waals surface area contributed by atoms with Crippen molar-refractivity contribution in [3.63, 3.8) is 0 Å². The average molecular weight is 170 g/mol. The van der Waals surface area contributed by atoms with E-state index in [1.54, 1.807) is 0 Å². The van der Waals surface area contributed by atoms with Gasteiger partial charge in [0.2, 0.25) is 0 Å².